The Morgan fingerprint density at radius 1 is 1.00 bits per heavy atom. The minimum atomic E-state index is 0. The summed E-state index contributed by atoms with van der Waals surface area (Å²) in [5.41, 5.74) is 9.40. The summed E-state index contributed by atoms with van der Waals surface area (Å²) >= 11 is 0. The number of methoxy groups -OCH3 is 2. The van der Waals surface area contributed by atoms with Crippen molar-refractivity contribution in [3.8, 4) is 17.2 Å². The van der Waals surface area contributed by atoms with Gasteiger partial charge in [0, 0.05) is 6.54 Å². The first-order chi connectivity index (χ1) is 13.0. The Kier molecular flexibility index (Phi) is 10.5. The molecule has 0 saturated carbocycles. The lowest BCUT2D eigenvalue weighted by Gasteiger charge is -2.10. The van der Waals surface area contributed by atoms with E-state index in [0.717, 1.165) is 23.5 Å². The van der Waals surface area contributed by atoms with Crippen molar-refractivity contribution in [3.63, 3.8) is 0 Å². The predicted molar refractivity (Wildman–Crippen MR) is 125 cm³/mol. The Labute approximate surface area is 184 Å². The molecule has 6 nitrogen and oxygen atoms in total. The Hall–Kier alpha value is -2.16. The molecule has 28 heavy (non-hydrogen) atoms. The quantitative estimate of drug-likeness (QED) is 0.239. The number of aliphatic imine (C=N–C) groups is 1. The van der Waals surface area contributed by atoms with Crippen molar-refractivity contribution in [2.24, 2.45) is 10.7 Å². The fourth-order valence-corrected chi connectivity index (χ4v) is 2.76. The van der Waals surface area contributed by atoms with Crippen LogP contribution >= 0.6 is 24.0 Å². The number of guanidine groups is 1. The van der Waals surface area contributed by atoms with Gasteiger partial charge in [-0.2, -0.15) is 0 Å². The molecule has 154 valence electrons. The lowest BCUT2D eigenvalue weighted by Crippen LogP contribution is -2.35. The van der Waals surface area contributed by atoms with Crippen molar-refractivity contribution in [2.45, 2.75) is 20.3 Å². The van der Waals surface area contributed by atoms with Crippen molar-refractivity contribution in [2.75, 3.05) is 33.9 Å². The van der Waals surface area contributed by atoms with Crippen LogP contribution in [0, 0.1) is 13.8 Å². The average Bonchev–Trinajstić information content (AvgIpc) is 2.64. The van der Waals surface area contributed by atoms with Crippen LogP contribution in [0.4, 0.5) is 0 Å². The van der Waals surface area contributed by atoms with Gasteiger partial charge in [-0.1, -0.05) is 12.1 Å². The number of nitrogens with zero attached hydrogens (tertiary/aromatic N) is 1. The van der Waals surface area contributed by atoms with E-state index in [1.54, 1.807) is 14.2 Å². The third-order valence-corrected chi connectivity index (χ3v) is 4.00. The maximum absolute atomic E-state index is 5.91. The van der Waals surface area contributed by atoms with E-state index < -0.39 is 0 Å². The number of ether oxygens (including phenoxy) is 3. The van der Waals surface area contributed by atoms with Gasteiger partial charge < -0.3 is 25.3 Å². The van der Waals surface area contributed by atoms with Gasteiger partial charge in [0.25, 0.3) is 0 Å². The number of hydrogen-bond acceptors (Lipinski definition) is 4. The monoisotopic (exact) mass is 499 g/mol. The van der Waals surface area contributed by atoms with Gasteiger partial charge in [-0.05, 0) is 61.2 Å². The molecular weight excluding hydrogens is 469 g/mol. The number of hydrogen-bond donors (Lipinski definition) is 2. The van der Waals surface area contributed by atoms with E-state index in [0.29, 0.717) is 31.4 Å². The van der Waals surface area contributed by atoms with Gasteiger partial charge >= 0.3 is 0 Å². The fraction of sp³-hybridized carbons (Fsp3) is 0.381. The van der Waals surface area contributed by atoms with E-state index in [2.05, 4.69) is 30.2 Å². The zero-order valence-corrected chi connectivity index (χ0v) is 19.3. The lowest BCUT2D eigenvalue weighted by molar-refractivity contribution is 0.322. The van der Waals surface area contributed by atoms with Crippen molar-refractivity contribution in [1.29, 1.82) is 0 Å². The molecule has 0 heterocycles. The highest BCUT2D eigenvalue weighted by Gasteiger charge is 2.04. The molecule has 0 atom stereocenters. The van der Waals surface area contributed by atoms with Crippen LogP contribution in [-0.2, 0) is 6.42 Å². The van der Waals surface area contributed by atoms with Gasteiger partial charge in [0.2, 0.25) is 0 Å². The summed E-state index contributed by atoms with van der Waals surface area (Å²) in [7, 11) is 3.25. The highest BCUT2D eigenvalue weighted by Crippen LogP contribution is 2.27. The van der Waals surface area contributed by atoms with E-state index in [4.69, 9.17) is 19.9 Å². The summed E-state index contributed by atoms with van der Waals surface area (Å²) in [4.78, 5) is 4.35. The second-order valence-electron chi connectivity index (χ2n) is 6.30. The van der Waals surface area contributed by atoms with Gasteiger partial charge in [-0.3, -0.25) is 4.99 Å². The first-order valence-corrected chi connectivity index (χ1v) is 8.97. The van der Waals surface area contributed by atoms with Gasteiger partial charge in [0.15, 0.2) is 17.5 Å². The largest absolute Gasteiger partial charge is 0.493 e. The summed E-state index contributed by atoms with van der Waals surface area (Å²) in [5.74, 6) is 2.72. The van der Waals surface area contributed by atoms with Crippen LogP contribution in [-0.4, -0.2) is 39.9 Å². The van der Waals surface area contributed by atoms with Crippen LogP contribution in [0.25, 0.3) is 0 Å². The van der Waals surface area contributed by atoms with E-state index in [9.17, 15) is 0 Å². The molecule has 2 rings (SSSR count). The highest BCUT2D eigenvalue weighted by atomic mass is 127. The molecule has 2 aromatic rings. The van der Waals surface area contributed by atoms with Crippen LogP contribution in [0.2, 0.25) is 0 Å². The van der Waals surface area contributed by atoms with Crippen molar-refractivity contribution in [1.82, 2.24) is 5.32 Å². The summed E-state index contributed by atoms with van der Waals surface area (Å²) in [6.45, 7) is 5.82. The predicted octanol–water partition coefficient (Wildman–Crippen LogP) is 3.46. The van der Waals surface area contributed by atoms with Crippen molar-refractivity contribution >= 4 is 29.9 Å². The van der Waals surface area contributed by atoms with Gasteiger partial charge in [-0.25, -0.2) is 0 Å². The third kappa shape index (κ3) is 7.84. The average molecular weight is 499 g/mol. The van der Waals surface area contributed by atoms with Crippen LogP contribution in [0.15, 0.2) is 41.4 Å². The Bertz CT molecular complexity index is 761. The minimum absolute atomic E-state index is 0. The minimum Gasteiger partial charge on any atom is -0.493 e. The number of halogens is 1. The Morgan fingerprint density at radius 3 is 2.32 bits per heavy atom. The number of benzene rings is 2. The second kappa shape index (κ2) is 12.3. The smallest absolute Gasteiger partial charge is 0.188 e. The highest BCUT2D eigenvalue weighted by molar-refractivity contribution is 14.0. The summed E-state index contributed by atoms with van der Waals surface area (Å²) in [6, 6.07) is 12.0. The fourth-order valence-electron chi connectivity index (χ4n) is 2.76. The topological polar surface area (TPSA) is 78.1 Å². The van der Waals surface area contributed by atoms with Crippen LogP contribution in [0.5, 0.6) is 17.2 Å². The maximum Gasteiger partial charge on any atom is 0.188 e. The molecule has 0 amide bonds. The van der Waals surface area contributed by atoms with Crippen LogP contribution < -0.4 is 25.3 Å². The molecule has 3 N–H and O–H groups in total. The third-order valence-electron chi connectivity index (χ3n) is 4.00. The van der Waals surface area contributed by atoms with Gasteiger partial charge in [0.05, 0.1) is 20.8 Å². The Balaban J connectivity index is 0.00000392. The molecule has 0 aromatic heterocycles. The first kappa shape index (κ1) is 23.9. The van der Waals surface area contributed by atoms with E-state index in [1.165, 1.54) is 11.1 Å². The summed E-state index contributed by atoms with van der Waals surface area (Å²) in [6.07, 6.45) is 0.766. The van der Waals surface area contributed by atoms with Crippen LogP contribution in [0.1, 0.15) is 16.7 Å². The molecule has 0 radical (unpaired) electrons. The van der Waals surface area contributed by atoms with E-state index in [-0.39, 0.29) is 24.0 Å². The summed E-state index contributed by atoms with van der Waals surface area (Å²) < 4.78 is 16.3. The van der Waals surface area contributed by atoms with Crippen molar-refractivity contribution in [3.05, 3.63) is 53.1 Å². The van der Waals surface area contributed by atoms with Gasteiger partial charge in [0.1, 0.15) is 12.4 Å². The number of aryl methyl sites for hydroxylation is 2. The summed E-state index contributed by atoms with van der Waals surface area (Å²) in [5, 5.41) is 3.07. The molecular formula is C21H30IN3O3. The number of nitrogens with two attached hydrogens (primary N) is 1. The zero-order valence-electron chi connectivity index (χ0n) is 17.0. The molecule has 0 fully saturated rings. The zero-order chi connectivity index (χ0) is 19.6. The van der Waals surface area contributed by atoms with Crippen LogP contribution in [0.3, 0.4) is 0 Å². The standard InChI is InChI=1S/C21H29N3O3.HI/c1-15-11-16(2)13-18(12-15)27-10-9-24-21(22)23-8-7-17-5-6-19(25-3)20(14-17)26-4;/h5-6,11-14H,7-10H2,1-4H3,(H3,22,23,24);1H. The second-order valence-corrected chi connectivity index (χ2v) is 6.30. The molecule has 0 unspecified atom stereocenters. The normalized spacial score (nSPS) is 10.8. The molecule has 0 saturated heterocycles. The molecule has 7 heteroatoms. The molecule has 0 aliphatic carbocycles. The Morgan fingerprint density at radius 2 is 1.68 bits per heavy atom. The van der Waals surface area contributed by atoms with Crippen molar-refractivity contribution < 1.29 is 14.2 Å². The molecule has 0 aliphatic rings. The molecule has 0 bridgehead atoms. The molecule has 0 spiro atoms. The maximum atomic E-state index is 5.91. The SMILES string of the molecule is COc1ccc(CCN=C(N)NCCOc2cc(C)cc(C)c2)cc1OC.I. The van der Waals surface area contributed by atoms with E-state index in [1.807, 2.05) is 30.3 Å². The first-order valence-electron chi connectivity index (χ1n) is 8.97. The number of rotatable bonds is 9. The van der Waals surface area contributed by atoms with E-state index >= 15 is 0 Å². The number of nitrogens with one attached hydrogen (secondary N) is 1. The lowest BCUT2D eigenvalue weighted by atomic mass is 10.1. The molecule has 2 aromatic carbocycles. The molecule has 0 aliphatic heterocycles. The van der Waals surface area contributed by atoms with Gasteiger partial charge in [-0.15, -0.1) is 24.0 Å².